The number of carbonyl (C=O) groups excluding carboxylic acids is 2. The first-order valence-corrected chi connectivity index (χ1v) is 11.9. The number of amides is 1. The number of hydrogen-bond acceptors (Lipinski definition) is 6. The van der Waals surface area contributed by atoms with Crippen LogP contribution in [0.15, 0.2) is 29.1 Å². The molecular weight excluding hydrogens is 488 g/mol. The molecule has 1 amide bonds. The number of thiophene rings is 1. The summed E-state index contributed by atoms with van der Waals surface area (Å²) in [7, 11) is 0. The third-order valence-electron chi connectivity index (χ3n) is 6.57. The van der Waals surface area contributed by atoms with Gasteiger partial charge in [0.15, 0.2) is 0 Å². The second kappa shape index (κ2) is 8.74. The van der Waals surface area contributed by atoms with Crippen molar-refractivity contribution in [2.75, 3.05) is 18.0 Å². The van der Waals surface area contributed by atoms with Gasteiger partial charge < -0.3 is 14.8 Å². The number of fused-ring (bicyclic) bond motifs is 5. The molecule has 0 unspecified atom stereocenters. The van der Waals surface area contributed by atoms with Crippen molar-refractivity contribution in [1.82, 2.24) is 14.9 Å². The summed E-state index contributed by atoms with van der Waals surface area (Å²) in [5, 5.41) is 0.671. The molecule has 2 fully saturated rings. The number of likely N-dealkylation sites (tertiary alicyclic amines) is 1. The number of benzene rings is 1. The van der Waals surface area contributed by atoms with Crippen molar-refractivity contribution in [3.63, 3.8) is 0 Å². The summed E-state index contributed by atoms with van der Waals surface area (Å²) in [4.78, 5) is 47.7. The normalized spacial score (nSPS) is 20.7. The molecule has 2 aliphatic heterocycles. The third-order valence-corrected chi connectivity index (χ3v) is 7.76. The van der Waals surface area contributed by atoms with Crippen LogP contribution in [0.4, 0.5) is 23.2 Å². The maximum Gasteiger partial charge on any atom is 0.446 e. The molecule has 0 spiro atoms. The first-order chi connectivity index (χ1) is 16.6. The van der Waals surface area contributed by atoms with Crippen LogP contribution in [0.25, 0.3) is 10.2 Å². The Labute approximate surface area is 200 Å². The van der Waals surface area contributed by atoms with Crippen molar-refractivity contribution in [3.8, 4) is 0 Å². The largest absolute Gasteiger partial charge is 0.446 e. The molecule has 3 aliphatic rings. The second-order valence-electron chi connectivity index (χ2n) is 8.74. The van der Waals surface area contributed by atoms with Gasteiger partial charge in [-0.15, -0.1) is 11.3 Å². The first kappa shape index (κ1) is 23.5. The number of rotatable bonds is 2. The standard InChI is InChI=1S/C21H19FN4O2S.C2HF3O/c22-11-4-6-12(7-5-11)25-9-14-8-13(25)10-26(14)21(28)18-23-19(27)17-15-2-1-3-16(15)29-20(17)24-18;3-2(4,5)1-6/h4-7,13-14H,1-3,8-10H2,(H,23,24,27);1H/t13-,14-;/m0./s1. The number of carbonyl (C=O) groups is 2. The minimum atomic E-state index is -4.64. The highest BCUT2D eigenvalue weighted by Gasteiger charge is 2.46. The van der Waals surface area contributed by atoms with Crippen LogP contribution in [0, 0.1) is 5.82 Å². The average Bonchev–Trinajstić information content (AvgIpc) is 3.59. The van der Waals surface area contributed by atoms with Crippen molar-refractivity contribution in [2.24, 2.45) is 0 Å². The van der Waals surface area contributed by atoms with E-state index in [4.69, 9.17) is 4.79 Å². The number of nitrogens with zero attached hydrogens (tertiary/aromatic N) is 3. The number of nitrogens with one attached hydrogen (secondary N) is 1. The summed E-state index contributed by atoms with van der Waals surface area (Å²) >= 11 is 1.55. The number of H-pyrrole nitrogens is 1. The third kappa shape index (κ3) is 4.42. The number of hydrogen-bond donors (Lipinski definition) is 1. The zero-order valence-corrected chi connectivity index (χ0v) is 19.1. The van der Waals surface area contributed by atoms with Crippen LogP contribution in [-0.4, -0.2) is 58.4 Å². The minimum Gasteiger partial charge on any atom is -0.365 e. The van der Waals surface area contributed by atoms with Gasteiger partial charge in [-0.05, 0) is 55.5 Å². The predicted molar refractivity (Wildman–Crippen MR) is 121 cm³/mol. The van der Waals surface area contributed by atoms with Gasteiger partial charge in [0, 0.05) is 29.7 Å². The molecule has 2 aromatic heterocycles. The number of anilines is 1. The number of aromatic nitrogens is 2. The monoisotopic (exact) mass is 508 g/mol. The van der Waals surface area contributed by atoms with Crippen LogP contribution in [0.2, 0.25) is 0 Å². The summed E-state index contributed by atoms with van der Waals surface area (Å²) < 4.78 is 44.5. The summed E-state index contributed by atoms with van der Waals surface area (Å²) in [6, 6.07) is 6.78. The molecule has 7 nitrogen and oxygen atoms in total. The van der Waals surface area contributed by atoms with E-state index in [1.165, 1.54) is 17.0 Å². The Bertz CT molecular complexity index is 1350. The number of piperazine rings is 1. The van der Waals surface area contributed by atoms with E-state index in [9.17, 15) is 27.2 Å². The van der Waals surface area contributed by atoms with Gasteiger partial charge in [0.1, 0.15) is 10.6 Å². The second-order valence-corrected chi connectivity index (χ2v) is 9.82. The molecule has 0 saturated carbocycles. The van der Waals surface area contributed by atoms with Gasteiger partial charge in [-0.3, -0.25) is 14.4 Å². The molecule has 1 N–H and O–H groups in total. The van der Waals surface area contributed by atoms with Gasteiger partial charge in [0.05, 0.1) is 11.4 Å². The highest BCUT2D eigenvalue weighted by Crippen LogP contribution is 2.36. The molecule has 12 heteroatoms. The quantitative estimate of drug-likeness (QED) is 0.423. The van der Waals surface area contributed by atoms with Gasteiger partial charge in [-0.25, -0.2) is 9.37 Å². The fourth-order valence-corrected chi connectivity index (χ4v) is 6.37. The van der Waals surface area contributed by atoms with Gasteiger partial charge >= 0.3 is 6.18 Å². The molecule has 1 aromatic carbocycles. The van der Waals surface area contributed by atoms with E-state index in [-0.39, 0.29) is 35.2 Å². The van der Waals surface area contributed by atoms with Crippen molar-refractivity contribution in [3.05, 3.63) is 56.7 Å². The van der Waals surface area contributed by atoms with Crippen molar-refractivity contribution < 1.29 is 27.2 Å². The Morgan fingerprint density at radius 1 is 1.14 bits per heavy atom. The number of aromatic amines is 1. The highest BCUT2D eigenvalue weighted by atomic mass is 32.1. The average molecular weight is 508 g/mol. The number of aryl methyl sites for hydroxylation is 2. The summed E-state index contributed by atoms with van der Waals surface area (Å²) in [6.07, 6.45) is -1.83. The predicted octanol–water partition coefficient (Wildman–Crippen LogP) is 3.46. The maximum atomic E-state index is 13.2. The molecular formula is C23H20F4N4O3S. The van der Waals surface area contributed by atoms with Crippen LogP contribution in [-0.2, 0) is 17.6 Å². The lowest BCUT2D eigenvalue weighted by atomic mass is 10.2. The Balaban J connectivity index is 0.000000380. The van der Waals surface area contributed by atoms with Crippen LogP contribution >= 0.6 is 11.3 Å². The SMILES string of the molecule is O=C(c1nc2sc3c(c2c(=O)[nH]1)CCC3)N1C[C@@H]2C[C@H]1CN2c1ccc(F)cc1.O=CC(F)(F)F. The number of alkyl halides is 3. The van der Waals surface area contributed by atoms with Crippen LogP contribution in [0.3, 0.4) is 0 Å². The summed E-state index contributed by atoms with van der Waals surface area (Å²) in [5.74, 6) is -0.313. The number of aldehydes is 1. The van der Waals surface area contributed by atoms with Gasteiger partial charge in [-0.2, -0.15) is 13.2 Å². The molecule has 3 aromatic rings. The van der Waals surface area contributed by atoms with Gasteiger partial charge in [-0.1, -0.05) is 0 Å². The highest BCUT2D eigenvalue weighted by molar-refractivity contribution is 7.18. The summed E-state index contributed by atoms with van der Waals surface area (Å²) in [6.45, 7) is 1.30. The molecule has 0 radical (unpaired) electrons. The van der Waals surface area contributed by atoms with E-state index in [1.807, 2.05) is 4.90 Å². The van der Waals surface area contributed by atoms with E-state index in [2.05, 4.69) is 14.9 Å². The van der Waals surface area contributed by atoms with E-state index in [1.54, 1.807) is 23.5 Å². The fraction of sp³-hybridized carbons (Fsp3) is 0.391. The molecule has 2 saturated heterocycles. The molecule has 6 rings (SSSR count). The maximum absolute atomic E-state index is 13.2. The molecule has 1 aliphatic carbocycles. The van der Waals surface area contributed by atoms with Crippen molar-refractivity contribution in [2.45, 2.75) is 43.9 Å². The lowest BCUT2D eigenvalue weighted by molar-refractivity contribution is -0.156. The molecule has 184 valence electrons. The topological polar surface area (TPSA) is 86.4 Å². The first-order valence-electron chi connectivity index (χ1n) is 11.1. The molecule has 2 atom stereocenters. The smallest absolute Gasteiger partial charge is 0.365 e. The molecule has 4 heterocycles. The van der Waals surface area contributed by atoms with Gasteiger partial charge in [0.25, 0.3) is 11.5 Å². The fourth-order valence-electron chi connectivity index (χ4n) is 5.10. The lowest BCUT2D eigenvalue weighted by Gasteiger charge is -2.35. The molecule has 35 heavy (non-hydrogen) atoms. The van der Waals surface area contributed by atoms with E-state index < -0.39 is 12.5 Å². The van der Waals surface area contributed by atoms with Crippen LogP contribution in [0.5, 0.6) is 0 Å². The van der Waals surface area contributed by atoms with Crippen molar-refractivity contribution >= 4 is 39.4 Å². The Morgan fingerprint density at radius 3 is 2.49 bits per heavy atom. The van der Waals surface area contributed by atoms with Gasteiger partial charge in [0.2, 0.25) is 12.1 Å². The minimum absolute atomic E-state index is 0.0758. The van der Waals surface area contributed by atoms with Crippen LogP contribution in [0.1, 0.15) is 33.9 Å². The Kier molecular flexibility index (Phi) is 5.86. The zero-order chi connectivity index (χ0) is 24.9. The van der Waals surface area contributed by atoms with Crippen molar-refractivity contribution in [1.29, 1.82) is 0 Å². The number of halogens is 4. The summed E-state index contributed by atoms with van der Waals surface area (Å²) in [5.41, 5.74) is 1.90. The zero-order valence-electron chi connectivity index (χ0n) is 18.3. The van der Waals surface area contributed by atoms with E-state index in [0.717, 1.165) is 36.9 Å². The van der Waals surface area contributed by atoms with Crippen LogP contribution < -0.4 is 10.5 Å². The Morgan fingerprint density at radius 2 is 1.86 bits per heavy atom. The molecule has 2 bridgehead atoms. The van der Waals surface area contributed by atoms with E-state index in [0.29, 0.717) is 23.3 Å². The van der Waals surface area contributed by atoms with E-state index >= 15 is 0 Å². The Hall–Kier alpha value is -3.28. The lowest BCUT2D eigenvalue weighted by Crippen LogP contribution is -2.49.